The lowest BCUT2D eigenvalue weighted by atomic mass is 10.2. The third kappa shape index (κ3) is 4.09. The van der Waals surface area contributed by atoms with Crippen LogP contribution in [0.1, 0.15) is 20.9 Å². The monoisotopic (exact) mass is 443 g/mol. The summed E-state index contributed by atoms with van der Waals surface area (Å²) < 4.78 is 39.6. The number of hydrogen-bond donors (Lipinski definition) is 1. The predicted molar refractivity (Wildman–Crippen MR) is 115 cm³/mol. The summed E-state index contributed by atoms with van der Waals surface area (Å²) in [7, 11) is 2.84. The highest BCUT2D eigenvalue weighted by Gasteiger charge is 2.19. The Morgan fingerprint density at radius 3 is 2.45 bits per heavy atom. The average Bonchev–Trinajstić information content (AvgIpc) is 3.32. The Morgan fingerprint density at radius 2 is 1.77 bits per heavy atom. The van der Waals surface area contributed by atoms with Crippen molar-refractivity contribution in [1.82, 2.24) is 9.78 Å². The van der Waals surface area contributed by atoms with Gasteiger partial charge in [0.1, 0.15) is 10.6 Å². The lowest BCUT2D eigenvalue weighted by Gasteiger charge is -2.11. The van der Waals surface area contributed by atoms with E-state index in [4.69, 9.17) is 9.47 Å². The number of anilines is 1. The summed E-state index contributed by atoms with van der Waals surface area (Å²) in [6, 6.07) is 10.4. The van der Waals surface area contributed by atoms with Gasteiger partial charge < -0.3 is 14.8 Å². The second-order valence-electron chi connectivity index (χ2n) is 6.84. The Kier molecular flexibility index (Phi) is 5.60. The van der Waals surface area contributed by atoms with E-state index in [1.807, 2.05) is 6.92 Å². The van der Waals surface area contributed by atoms with Gasteiger partial charge in [0.05, 0.1) is 37.0 Å². The predicted octanol–water partition coefficient (Wildman–Crippen LogP) is 5.00. The van der Waals surface area contributed by atoms with Gasteiger partial charge in [0.15, 0.2) is 17.3 Å². The minimum atomic E-state index is -0.634. The van der Waals surface area contributed by atoms with E-state index >= 15 is 0 Å². The van der Waals surface area contributed by atoms with Gasteiger partial charge in [-0.2, -0.15) is 5.10 Å². The van der Waals surface area contributed by atoms with E-state index in [2.05, 4.69) is 10.4 Å². The zero-order chi connectivity index (χ0) is 22.1. The Hall–Kier alpha value is -3.46. The third-order valence-electron chi connectivity index (χ3n) is 4.80. The summed E-state index contributed by atoms with van der Waals surface area (Å²) in [5.74, 6) is -0.841. The molecule has 0 bridgehead atoms. The van der Waals surface area contributed by atoms with E-state index < -0.39 is 11.7 Å². The van der Waals surface area contributed by atoms with Gasteiger partial charge in [-0.3, -0.25) is 9.48 Å². The first-order valence-electron chi connectivity index (χ1n) is 9.34. The Morgan fingerprint density at radius 1 is 1.10 bits per heavy atom. The highest BCUT2D eigenvalue weighted by atomic mass is 32.1. The number of fused-ring (bicyclic) bond motifs is 1. The molecule has 0 saturated carbocycles. The maximum atomic E-state index is 14.4. The molecule has 0 radical (unpaired) electrons. The van der Waals surface area contributed by atoms with E-state index in [1.54, 1.807) is 22.9 Å². The van der Waals surface area contributed by atoms with Crippen molar-refractivity contribution < 1.29 is 23.0 Å². The number of nitrogens with zero attached hydrogens (tertiary/aromatic N) is 2. The largest absolute Gasteiger partial charge is 0.493 e. The molecule has 0 aliphatic carbocycles. The first-order chi connectivity index (χ1) is 14.9. The van der Waals surface area contributed by atoms with Crippen LogP contribution in [0.25, 0.3) is 10.2 Å². The lowest BCUT2D eigenvalue weighted by molar-refractivity contribution is 0.103. The topological polar surface area (TPSA) is 65.4 Å². The van der Waals surface area contributed by atoms with E-state index in [0.717, 1.165) is 27.5 Å². The van der Waals surface area contributed by atoms with Crippen molar-refractivity contribution in [2.75, 3.05) is 19.5 Å². The molecule has 0 fully saturated rings. The highest BCUT2D eigenvalue weighted by Crippen LogP contribution is 2.34. The molecule has 160 valence electrons. The summed E-state index contributed by atoms with van der Waals surface area (Å²) in [6.07, 6.45) is 0. The van der Waals surface area contributed by atoms with Gasteiger partial charge in [-0.15, -0.1) is 11.3 Å². The third-order valence-corrected chi connectivity index (χ3v) is 5.95. The standard InChI is InChI=1S/C22H19F2N3O3S/c1-12-15-8-20(21(28)25-17-10-19(30-3)18(29-2)9-16(17)24)31-22(15)27(26-12)11-13-4-6-14(23)7-5-13/h4-10H,11H2,1-3H3,(H,25,28). The zero-order valence-electron chi connectivity index (χ0n) is 17.0. The van der Waals surface area contributed by atoms with Crippen molar-refractivity contribution >= 4 is 33.1 Å². The van der Waals surface area contributed by atoms with Crippen LogP contribution in [0.15, 0.2) is 42.5 Å². The molecule has 0 spiro atoms. The summed E-state index contributed by atoms with van der Waals surface area (Å²) >= 11 is 1.25. The summed E-state index contributed by atoms with van der Waals surface area (Å²) in [4.78, 5) is 14.0. The smallest absolute Gasteiger partial charge is 0.265 e. The lowest BCUT2D eigenvalue weighted by Crippen LogP contribution is -2.12. The van der Waals surface area contributed by atoms with Crippen LogP contribution in [0.3, 0.4) is 0 Å². The molecule has 2 aromatic heterocycles. The Labute approximate surface area is 181 Å². The van der Waals surface area contributed by atoms with Crippen LogP contribution in [0.2, 0.25) is 0 Å². The molecule has 9 heteroatoms. The van der Waals surface area contributed by atoms with Crippen molar-refractivity contribution in [1.29, 1.82) is 0 Å². The van der Waals surface area contributed by atoms with E-state index in [0.29, 0.717) is 17.2 Å². The fourth-order valence-electron chi connectivity index (χ4n) is 3.23. The number of aromatic nitrogens is 2. The van der Waals surface area contributed by atoms with Crippen LogP contribution in [-0.2, 0) is 6.54 Å². The van der Waals surface area contributed by atoms with E-state index in [9.17, 15) is 13.6 Å². The average molecular weight is 443 g/mol. The molecule has 2 heterocycles. The van der Waals surface area contributed by atoms with Gasteiger partial charge in [-0.25, -0.2) is 8.78 Å². The molecule has 0 aliphatic rings. The van der Waals surface area contributed by atoms with Crippen molar-refractivity contribution in [2.45, 2.75) is 13.5 Å². The van der Waals surface area contributed by atoms with Gasteiger partial charge in [0.2, 0.25) is 0 Å². The van der Waals surface area contributed by atoms with Crippen molar-refractivity contribution in [3.8, 4) is 11.5 Å². The SMILES string of the molecule is COc1cc(F)c(NC(=O)c2cc3c(C)nn(Cc4ccc(F)cc4)c3s2)cc1OC. The molecule has 2 aromatic carbocycles. The number of carbonyl (C=O) groups excluding carboxylic acids is 1. The number of hydrogen-bond acceptors (Lipinski definition) is 5. The van der Waals surface area contributed by atoms with Crippen LogP contribution in [0.4, 0.5) is 14.5 Å². The number of ether oxygens (including phenoxy) is 2. The van der Waals surface area contributed by atoms with Crippen LogP contribution in [-0.4, -0.2) is 29.9 Å². The number of thiophene rings is 1. The number of rotatable bonds is 6. The number of nitrogens with one attached hydrogen (secondary N) is 1. The van der Waals surface area contributed by atoms with Gasteiger partial charge >= 0.3 is 0 Å². The van der Waals surface area contributed by atoms with Gasteiger partial charge in [0, 0.05) is 17.5 Å². The highest BCUT2D eigenvalue weighted by molar-refractivity contribution is 7.20. The van der Waals surface area contributed by atoms with Crippen molar-refractivity contribution in [3.63, 3.8) is 0 Å². The number of methoxy groups -OCH3 is 2. The second-order valence-corrected chi connectivity index (χ2v) is 7.87. The number of carbonyl (C=O) groups is 1. The number of benzene rings is 2. The van der Waals surface area contributed by atoms with Crippen LogP contribution in [0.5, 0.6) is 11.5 Å². The number of aryl methyl sites for hydroxylation is 1. The molecule has 0 aliphatic heterocycles. The molecule has 0 atom stereocenters. The molecule has 31 heavy (non-hydrogen) atoms. The molecule has 0 saturated heterocycles. The minimum absolute atomic E-state index is 0.00948. The quantitative estimate of drug-likeness (QED) is 0.455. The van der Waals surface area contributed by atoms with Crippen molar-refractivity contribution in [3.05, 3.63) is 70.2 Å². The van der Waals surface area contributed by atoms with Crippen molar-refractivity contribution in [2.24, 2.45) is 0 Å². The van der Waals surface area contributed by atoms with E-state index in [-0.39, 0.29) is 17.3 Å². The summed E-state index contributed by atoms with van der Waals surface area (Å²) in [5, 5.41) is 7.94. The Balaban J connectivity index is 1.61. The number of halogens is 2. The molecule has 6 nitrogen and oxygen atoms in total. The van der Waals surface area contributed by atoms with Gasteiger partial charge in [0.25, 0.3) is 5.91 Å². The Bertz CT molecular complexity index is 1270. The second kappa shape index (κ2) is 8.35. The molecule has 4 aromatic rings. The molecule has 1 amide bonds. The fraction of sp³-hybridized carbons (Fsp3) is 0.182. The van der Waals surface area contributed by atoms with E-state index in [1.165, 1.54) is 43.8 Å². The molecule has 0 unspecified atom stereocenters. The summed E-state index contributed by atoms with van der Waals surface area (Å²) in [6.45, 7) is 2.29. The van der Waals surface area contributed by atoms with Crippen LogP contribution >= 0.6 is 11.3 Å². The zero-order valence-corrected chi connectivity index (χ0v) is 17.8. The minimum Gasteiger partial charge on any atom is -0.493 e. The number of amides is 1. The maximum absolute atomic E-state index is 14.4. The van der Waals surface area contributed by atoms with Gasteiger partial charge in [-0.1, -0.05) is 12.1 Å². The fourth-order valence-corrected chi connectivity index (χ4v) is 4.28. The van der Waals surface area contributed by atoms with Crippen LogP contribution in [0, 0.1) is 18.6 Å². The molecular formula is C22H19F2N3O3S. The molecular weight excluding hydrogens is 424 g/mol. The van der Waals surface area contributed by atoms with Gasteiger partial charge in [-0.05, 0) is 30.7 Å². The maximum Gasteiger partial charge on any atom is 0.265 e. The normalized spacial score (nSPS) is 11.0. The summed E-state index contributed by atoms with van der Waals surface area (Å²) in [5.41, 5.74) is 1.65. The molecule has 4 rings (SSSR count). The first-order valence-corrected chi connectivity index (χ1v) is 10.2. The first kappa shape index (κ1) is 20.8. The van der Waals surface area contributed by atoms with Crippen LogP contribution < -0.4 is 14.8 Å². The molecule has 1 N–H and O–H groups in total.